The van der Waals surface area contributed by atoms with E-state index in [1.54, 1.807) is 19.2 Å². The summed E-state index contributed by atoms with van der Waals surface area (Å²) >= 11 is 1.08. The number of hydrogen-bond donors (Lipinski definition) is 0. The van der Waals surface area contributed by atoms with E-state index in [1.807, 2.05) is 0 Å². The number of esters is 2. The van der Waals surface area contributed by atoms with Crippen LogP contribution in [0, 0.1) is 0 Å². The molecule has 1 heterocycles. The van der Waals surface area contributed by atoms with E-state index >= 15 is 0 Å². The maximum atomic E-state index is 12.0. The second-order valence-electron chi connectivity index (χ2n) is 4.30. The summed E-state index contributed by atoms with van der Waals surface area (Å²) in [4.78, 5) is 24.1. The van der Waals surface area contributed by atoms with E-state index in [4.69, 9.17) is 9.47 Å². The maximum Gasteiger partial charge on any atom is 0.348 e. The van der Waals surface area contributed by atoms with Gasteiger partial charge in [-0.05, 0) is 31.4 Å². The SMILES string of the molecule is COC(=O)c1ccc(C(=O)O[C@H]2CCC[C@@H]2OC)s1. The molecule has 0 amide bonds. The van der Waals surface area contributed by atoms with Crippen molar-refractivity contribution in [3.05, 3.63) is 21.9 Å². The second kappa shape index (κ2) is 6.16. The van der Waals surface area contributed by atoms with Crippen LogP contribution < -0.4 is 0 Å². The minimum atomic E-state index is -0.445. The van der Waals surface area contributed by atoms with Gasteiger partial charge in [0.15, 0.2) is 0 Å². The lowest BCUT2D eigenvalue weighted by Crippen LogP contribution is -2.27. The Bertz CT molecular complexity index is 467. The van der Waals surface area contributed by atoms with Gasteiger partial charge in [0.05, 0.1) is 13.2 Å². The lowest BCUT2D eigenvalue weighted by molar-refractivity contribution is -0.0203. The Morgan fingerprint density at radius 2 is 1.74 bits per heavy atom. The molecule has 104 valence electrons. The number of rotatable bonds is 4. The number of hydrogen-bond acceptors (Lipinski definition) is 6. The number of carbonyl (C=O) groups excluding carboxylic acids is 2. The van der Waals surface area contributed by atoms with Gasteiger partial charge in [0.2, 0.25) is 0 Å². The van der Waals surface area contributed by atoms with Gasteiger partial charge in [-0.3, -0.25) is 0 Å². The number of methoxy groups -OCH3 is 2. The van der Waals surface area contributed by atoms with Crippen molar-refractivity contribution < 1.29 is 23.8 Å². The highest BCUT2D eigenvalue weighted by Crippen LogP contribution is 2.26. The molecule has 0 bridgehead atoms. The molecule has 0 unspecified atom stereocenters. The summed E-state index contributed by atoms with van der Waals surface area (Å²) in [7, 11) is 2.93. The Hall–Kier alpha value is -1.40. The highest BCUT2D eigenvalue weighted by molar-refractivity contribution is 7.15. The van der Waals surface area contributed by atoms with Crippen LogP contribution in [0.4, 0.5) is 0 Å². The van der Waals surface area contributed by atoms with E-state index in [2.05, 4.69) is 4.74 Å². The van der Waals surface area contributed by atoms with E-state index in [0.717, 1.165) is 30.6 Å². The van der Waals surface area contributed by atoms with E-state index in [9.17, 15) is 9.59 Å². The third kappa shape index (κ3) is 3.13. The Morgan fingerprint density at radius 1 is 1.11 bits per heavy atom. The third-order valence-corrected chi connectivity index (χ3v) is 4.19. The Labute approximate surface area is 115 Å². The zero-order valence-corrected chi connectivity index (χ0v) is 11.7. The van der Waals surface area contributed by atoms with Crippen molar-refractivity contribution in [2.75, 3.05) is 14.2 Å². The molecule has 0 radical (unpaired) electrons. The smallest absolute Gasteiger partial charge is 0.348 e. The van der Waals surface area contributed by atoms with Crippen LogP contribution in [0.2, 0.25) is 0 Å². The molecule has 1 aromatic heterocycles. The molecule has 2 rings (SSSR count). The Kier molecular flexibility index (Phi) is 4.55. The van der Waals surface area contributed by atoms with Crippen molar-refractivity contribution >= 4 is 23.3 Å². The van der Waals surface area contributed by atoms with E-state index in [1.165, 1.54) is 7.11 Å². The van der Waals surface area contributed by atoms with Gasteiger partial charge in [-0.25, -0.2) is 9.59 Å². The predicted molar refractivity (Wildman–Crippen MR) is 69.5 cm³/mol. The van der Waals surface area contributed by atoms with Crippen LogP contribution >= 0.6 is 11.3 Å². The van der Waals surface area contributed by atoms with Crippen LogP contribution in [0.15, 0.2) is 12.1 Å². The van der Waals surface area contributed by atoms with Gasteiger partial charge in [-0.15, -0.1) is 11.3 Å². The van der Waals surface area contributed by atoms with Gasteiger partial charge in [-0.1, -0.05) is 0 Å². The quantitative estimate of drug-likeness (QED) is 0.794. The molecule has 2 atom stereocenters. The van der Waals surface area contributed by atoms with Gasteiger partial charge < -0.3 is 14.2 Å². The molecule has 6 heteroatoms. The highest BCUT2D eigenvalue weighted by Gasteiger charge is 2.31. The molecule has 19 heavy (non-hydrogen) atoms. The minimum absolute atomic E-state index is 0.0241. The van der Waals surface area contributed by atoms with Crippen molar-refractivity contribution in [2.24, 2.45) is 0 Å². The summed E-state index contributed by atoms with van der Waals surface area (Å²) in [5.74, 6) is -0.853. The number of ether oxygens (including phenoxy) is 3. The molecule has 1 aromatic rings. The van der Waals surface area contributed by atoms with Gasteiger partial charge in [0, 0.05) is 7.11 Å². The van der Waals surface area contributed by atoms with Crippen molar-refractivity contribution in [1.82, 2.24) is 0 Å². The first-order valence-corrected chi connectivity index (χ1v) is 6.89. The number of carbonyl (C=O) groups is 2. The molecule has 1 fully saturated rings. The summed E-state index contributed by atoms with van der Waals surface area (Å²) in [6.07, 6.45) is 2.50. The summed E-state index contributed by atoms with van der Waals surface area (Å²) in [5.41, 5.74) is 0. The van der Waals surface area contributed by atoms with Gasteiger partial charge in [-0.2, -0.15) is 0 Å². The summed E-state index contributed by atoms with van der Waals surface area (Å²) in [6, 6.07) is 3.14. The van der Waals surface area contributed by atoms with Crippen molar-refractivity contribution in [1.29, 1.82) is 0 Å². The first-order chi connectivity index (χ1) is 9.15. The second-order valence-corrected chi connectivity index (χ2v) is 5.39. The van der Waals surface area contributed by atoms with Crippen LogP contribution in [0.1, 0.15) is 38.6 Å². The molecule has 0 N–H and O–H groups in total. The molecular formula is C13H16O5S. The molecule has 1 aliphatic rings. The normalized spacial score (nSPS) is 22.2. The standard InChI is InChI=1S/C13H16O5S/c1-16-8-4-3-5-9(8)18-13(15)11-7-6-10(19-11)12(14)17-2/h6-9H,3-5H2,1-2H3/t8-,9-/m0/s1. The molecule has 0 aliphatic heterocycles. The van der Waals surface area contributed by atoms with Crippen molar-refractivity contribution in [3.63, 3.8) is 0 Å². The zero-order chi connectivity index (χ0) is 13.8. The third-order valence-electron chi connectivity index (χ3n) is 3.15. The minimum Gasteiger partial charge on any atom is -0.465 e. The molecule has 1 saturated carbocycles. The summed E-state index contributed by atoms with van der Waals surface area (Å²) in [5, 5.41) is 0. The fourth-order valence-corrected chi connectivity index (χ4v) is 2.96. The average molecular weight is 284 g/mol. The summed E-state index contributed by atoms with van der Waals surface area (Å²) in [6.45, 7) is 0. The van der Waals surface area contributed by atoms with E-state index < -0.39 is 11.9 Å². The van der Waals surface area contributed by atoms with Gasteiger partial charge in [0.25, 0.3) is 0 Å². The first-order valence-electron chi connectivity index (χ1n) is 6.07. The predicted octanol–water partition coefficient (Wildman–Crippen LogP) is 2.26. The number of thiophene rings is 1. The topological polar surface area (TPSA) is 61.8 Å². The monoisotopic (exact) mass is 284 g/mol. The molecule has 0 aromatic carbocycles. The first kappa shape index (κ1) is 14.0. The lowest BCUT2D eigenvalue weighted by Gasteiger charge is -2.18. The van der Waals surface area contributed by atoms with Crippen LogP contribution in [0.25, 0.3) is 0 Å². The van der Waals surface area contributed by atoms with Crippen LogP contribution in [0.3, 0.4) is 0 Å². The van der Waals surface area contributed by atoms with Crippen LogP contribution in [-0.2, 0) is 14.2 Å². The molecule has 0 spiro atoms. The van der Waals surface area contributed by atoms with Crippen molar-refractivity contribution in [3.8, 4) is 0 Å². The van der Waals surface area contributed by atoms with Crippen molar-refractivity contribution in [2.45, 2.75) is 31.5 Å². The molecule has 1 aliphatic carbocycles. The van der Waals surface area contributed by atoms with Gasteiger partial charge >= 0.3 is 11.9 Å². The molecular weight excluding hydrogens is 268 g/mol. The fraction of sp³-hybridized carbons (Fsp3) is 0.538. The highest BCUT2D eigenvalue weighted by atomic mass is 32.1. The van der Waals surface area contributed by atoms with E-state index in [-0.39, 0.29) is 12.2 Å². The van der Waals surface area contributed by atoms with Crippen LogP contribution in [-0.4, -0.2) is 38.4 Å². The zero-order valence-electron chi connectivity index (χ0n) is 10.9. The summed E-state index contributed by atoms with van der Waals surface area (Å²) < 4.78 is 15.3. The fourth-order valence-electron chi connectivity index (χ4n) is 2.15. The Balaban J connectivity index is 2.00. The largest absolute Gasteiger partial charge is 0.465 e. The average Bonchev–Trinajstić information content (AvgIpc) is 3.06. The van der Waals surface area contributed by atoms with Crippen LogP contribution in [0.5, 0.6) is 0 Å². The van der Waals surface area contributed by atoms with Gasteiger partial charge in [0.1, 0.15) is 15.9 Å². The Morgan fingerprint density at radius 3 is 2.37 bits per heavy atom. The molecule has 0 saturated heterocycles. The maximum absolute atomic E-state index is 12.0. The lowest BCUT2D eigenvalue weighted by atomic mass is 10.2. The molecule has 5 nitrogen and oxygen atoms in total. The van der Waals surface area contributed by atoms with E-state index in [0.29, 0.717) is 9.75 Å².